The molecule has 0 aliphatic carbocycles. The average molecular weight is 229 g/mol. The lowest BCUT2D eigenvalue weighted by Gasteiger charge is -2.22. The lowest BCUT2D eigenvalue weighted by atomic mass is 10.2. The number of rotatable bonds is 1. The average Bonchev–Trinajstić information content (AvgIpc) is 2.41. The molecular formula is C11H14ClFN2. The number of halogens is 2. The number of hydrogen-bond donors (Lipinski definition) is 1. The van der Waals surface area contributed by atoms with Gasteiger partial charge in [0.25, 0.3) is 0 Å². The summed E-state index contributed by atoms with van der Waals surface area (Å²) >= 11 is 5.76. The molecule has 2 nitrogen and oxygen atoms in total. The van der Waals surface area contributed by atoms with Gasteiger partial charge in [0.05, 0.1) is 16.4 Å². The van der Waals surface area contributed by atoms with Crippen molar-refractivity contribution in [1.29, 1.82) is 0 Å². The van der Waals surface area contributed by atoms with Gasteiger partial charge < -0.3 is 10.2 Å². The molecular weight excluding hydrogens is 215 g/mol. The minimum absolute atomic E-state index is 0.180. The van der Waals surface area contributed by atoms with Crippen LogP contribution in [0.3, 0.4) is 0 Å². The van der Waals surface area contributed by atoms with Crippen LogP contribution >= 0.6 is 11.6 Å². The third-order valence-corrected chi connectivity index (χ3v) is 2.97. The monoisotopic (exact) mass is 228 g/mol. The van der Waals surface area contributed by atoms with E-state index in [9.17, 15) is 4.39 Å². The van der Waals surface area contributed by atoms with Crippen molar-refractivity contribution in [2.75, 3.05) is 29.9 Å². The molecule has 0 unspecified atom stereocenters. The summed E-state index contributed by atoms with van der Waals surface area (Å²) in [6.45, 7) is 4.82. The van der Waals surface area contributed by atoms with Crippen LogP contribution in [-0.2, 0) is 0 Å². The third-order valence-electron chi connectivity index (χ3n) is 2.68. The van der Waals surface area contributed by atoms with E-state index in [4.69, 9.17) is 11.6 Å². The van der Waals surface area contributed by atoms with Crippen LogP contribution in [-0.4, -0.2) is 19.6 Å². The van der Waals surface area contributed by atoms with Gasteiger partial charge in [-0.3, -0.25) is 0 Å². The first kappa shape index (κ1) is 10.6. The molecule has 0 radical (unpaired) electrons. The fourth-order valence-corrected chi connectivity index (χ4v) is 2.05. The summed E-state index contributed by atoms with van der Waals surface area (Å²) in [5.41, 5.74) is 1.85. The smallest absolute Gasteiger partial charge is 0.144 e. The van der Waals surface area contributed by atoms with Crippen molar-refractivity contribution in [3.63, 3.8) is 0 Å². The van der Waals surface area contributed by atoms with Crippen LogP contribution < -0.4 is 10.2 Å². The molecule has 1 aliphatic heterocycles. The molecule has 0 spiro atoms. The van der Waals surface area contributed by atoms with Crippen LogP contribution in [0.1, 0.15) is 13.3 Å². The van der Waals surface area contributed by atoms with E-state index in [1.807, 2.05) is 0 Å². The van der Waals surface area contributed by atoms with E-state index in [0.29, 0.717) is 0 Å². The quantitative estimate of drug-likeness (QED) is 0.795. The van der Waals surface area contributed by atoms with Gasteiger partial charge in [0, 0.05) is 25.7 Å². The van der Waals surface area contributed by atoms with Crippen LogP contribution in [0.4, 0.5) is 15.8 Å². The number of nitrogens with zero attached hydrogens (tertiary/aromatic N) is 1. The number of anilines is 2. The maximum absolute atomic E-state index is 13.4. The first-order valence-electron chi connectivity index (χ1n) is 5.20. The number of hydrogen-bond acceptors (Lipinski definition) is 2. The Balaban J connectivity index is 2.46. The molecule has 0 amide bonds. The van der Waals surface area contributed by atoms with Crippen molar-refractivity contribution in [2.24, 2.45) is 0 Å². The van der Waals surface area contributed by atoms with Gasteiger partial charge in [-0.2, -0.15) is 0 Å². The highest BCUT2D eigenvalue weighted by atomic mass is 35.5. The van der Waals surface area contributed by atoms with Gasteiger partial charge in [-0.15, -0.1) is 0 Å². The summed E-state index contributed by atoms with van der Waals surface area (Å²) in [4.78, 5) is 2.16. The van der Waals surface area contributed by atoms with Gasteiger partial charge in [-0.25, -0.2) is 4.39 Å². The molecule has 0 bridgehead atoms. The fraction of sp³-hybridized carbons (Fsp3) is 0.455. The maximum Gasteiger partial charge on any atom is 0.144 e. The normalized spacial score (nSPS) is 15.5. The Bertz CT molecular complexity index is 368. The minimum Gasteiger partial charge on any atom is -0.383 e. The lowest BCUT2D eigenvalue weighted by Crippen LogP contribution is -2.23. The number of benzene rings is 1. The number of nitrogens with one attached hydrogen (secondary N) is 1. The zero-order valence-electron chi connectivity index (χ0n) is 8.69. The molecule has 0 atom stereocenters. The van der Waals surface area contributed by atoms with Crippen LogP contribution in [0.15, 0.2) is 12.1 Å². The van der Waals surface area contributed by atoms with Crippen molar-refractivity contribution in [3.05, 3.63) is 23.0 Å². The second-order valence-corrected chi connectivity index (χ2v) is 4.05. The summed E-state index contributed by atoms with van der Waals surface area (Å²) in [7, 11) is 0. The van der Waals surface area contributed by atoms with Gasteiger partial charge in [0.15, 0.2) is 0 Å². The van der Waals surface area contributed by atoms with Gasteiger partial charge in [-0.05, 0) is 19.4 Å². The summed E-state index contributed by atoms with van der Waals surface area (Å²) in [5.74, 6) is -0.349. The van der Waals surface area contributed by atoms with Gasteiger partial charge in [0.2, 0.25) is 0 Å². The van der Waals surface area contributed by atoms with Gasteiger partial charge >= 0.3 is 0 Å². The largest absolute Gasteiger partial charge is 0.383 e. The molecule has 15 heavy (non-hydrogen) atoms. The topological polar surface area (TPSA) is 15.3 Å². The van der Waals surface area contributed by atoms with Gasteiger partial charge in [0.1, 0.15) is 5.82 Å². The minimum atomic E-state index is -0.349. The highest BCUT2D eigenvalue weighted by molar-refractivity contribution is 6.31. The Kier molecular flexibility index (Phi) is 3.00. The van der Waals surface area contributed by atoms with Crippen LogP contribution in [0.5, 0.6) is 0 Å². The van der Waals surface area contributed by atoms with E-state index in [1.54, 1.807) is 6.07 Å². The highest BCUT2D eigenvalue weighted by Gasteiger charge is 2.16. The molecule has 82 valence electrons. The van der Waals surface area contributed by atoms with E-state index >= 15 is 0 Å². The van der Waals surface area contributed by atoms with E-state index < -0.39 is 0 Å². The molecule has 2 rings (SSSR count). The second-order valence-electron chi connectivity index (χ2n) is 3.64. The van der Waals surface area contributed by atoms with Crippen LogP contribution in [0.25, 0.3) is 0 Å². The first-order chi connectivity index (χ1) is 7.22. The van der Waals surface area contributed by atoms with Crippen molar-refractivity contribution in [2.45, 2.75) is 13.3 Å². The summed E-state index contributed by atoms with van der Waals surface area (Å²) in [6, 6.07) is 3.18. The Morgan fingerprint density at radius 2 is 2.33 bits per heavy atom. The molecule has 0 aromatic heterocycles. The number of fused-ring (bicyclic) bond motifs is 1. The predicted octanol–water partition coefficient (Wildman–Crippen LogP) is 3.12. The Morgan fingerprint density at radius 3 is 3.07 bits per heavy atom. The molecule has 4 heteroatoms. The molecule has 1 aromatic rings. The zero-order valence-corrected chi connectivity index (χ0v) is 9.44. The summed E-state index contributed by atoms with van der Waals surface area (Å²) in [6.07, 6.45) is 1.06. The van der Waals surface area contributed by atoms with E-state index in [0.717, 1.165) is 37.4 Å². The predicted molar refractivity (Wildman–Crippen MR) is 62.4 cm³/mol. The molecule has 1 heterocycles. The summed E-state index contributed by atoms with van der Waals surface area (Å²) in [5, 5.41) is 3.44. The Labute approximate surface area is 94.0 Å². The van der Waals surface area contributed by atoms with Crippen LogP contribution in [0, 0.1) is 5.82 Å². The van der Waals surface area contributed by atoms with Crippen molar-refractivity contribution in [1.82, 2.24) is 0 Å². The lowest BCUT2D eigenvalue weighted by molar-refractivity contribution is 0.627. The van der Waals surface area contributed by atoms with Crippen molar-refractivity contribution >= 4 is 23.0 Å². The van der Waals surface area contributed by atoms with Crippen LogP contribution in [0.2, 0.25) is 5.02 Å². The van der Waals surface area contributed by atoms with E-state index in [2.05, 4.69) is 17.1 Å². The maximum atomic E-state index is 13.4. The molecule has 1 aromatic carbocycles. The SMILES string of the molecule is CCN1CCCNc2cc(Cl)c(F)cc21. The van der Waals surface area contributed by atoms with E-state index in [-0.39, 0.29) is 10.8 Å². The fourth-order valence-electron chi connectivity index (χ4n) is 1.88. The molecule has 1 N–H and O–H groups in total. The zero-order chi connectivity index (χ0) is 10.8. The Hall–Kier alpha value is -0.960. The van der Waals surface area contributed by atoms with Crippen molar-refractivity contribution < 1.29 is 4.39 Å². The summed E-state index contributed by atoms with van der Waals surface area (Å²) < 4.78 is 13.4. The molecule has 0 saturated heterocycles. The highest BCUT2D eigenvalue weighted by Crippen LogP contribution is 2.32. The van der Waals surface area contributed by atoms with E-state index in [1.165, 1.54) is 6.07 Å². The third kappa shape index (κ3) is 2.02. The standard InChI is InChI=1S/C11H14ClFN2/c1-2-15-5-3-4-14-10-6-8(12)9(13)7-11(10)15/h6-7,14H,2-5H2,1H3. The first-order valence-corrected chi connectivity index (χ1v) is 5.58. The Morgan fingerprint density at radius 1 is 1.53 bits per heavy atom. The van der Waals surface area contributed by atoms with Gasteiger partial charge in [-0.1, -0.05) is 11.6 Å². The molecule has 1 aliphatic rings. The molecule has 0 saturated carbocycles. The second kappa shape index (κ2) is 4.27. The molecule has 0 fully saturated rings. The van der Waals surface area contributed by atoms with Crippen molar-refractivity contribution in [3.8, 4) is 0 Å².